The number of aromatic amines is 1. The summed E-state index contributed by atoms with van der Waals surface area (Å²) in [4.78, 5) is 14.7. The predicted octanol–water partition coefficient (Wildman–Crippen LogP) is 3.87. The Balaban J connectivity index is 1.99. The van der Waals surface area contributed by atoms with E-state index in [9.17, 15) is 9.00 Å². The second-order valence-corrected chi connectivity index (χ2v) is 7.58. The van der Waals surface area contributed by atoms with Crippen LogP contribution in [0.15, 0.2) is 34.1 Å². The lowest BCUT2D eigenvalue weighted by molar-refractivity contribution is 0.650. The molecular weight excluding hydrogens is 341 g/mol. The van der Waals surface area contributed by atoms with Crippen LogP contribution in [0.1, 0.15) is 29.5 Å². The molecule has 3 rings (SSSR count). The topological polar surface area (TPSA) is 49.9 Å². The van der Waals surface area contributed by atoms with Crippen LogP contribution in [0.25, 0.3) is 0 Å². The van der Waals surface area contributed by atoms with Gasteiger partial charge < -0.3 is 4.98 Å². The van der Waals surface area contributed by atoms with E-state index < -0.39 is 10.8 Å². The zero-order chi connectivity index (χ0) is 15.7. The number of aromatic nitrogens is 1. The van der Waals surface area contributed by atoms with Gasteiger partial charge in [0.2, 0.25) is 0 Å². The summed E-state index contributed by atoms with van der Waals surface area (Å²) in [6.45, 7) is 0. The molecular formula is C16H15Cl2NO2S. The minimum Gasteiger partial charge on any atom is -0.313 e. The number of nitrogens with one attached hydrogen (secondary N) is 1. The Kier molecular flexibility index (Phi) is 4.71. The van der Waals surface area contributed by atoms with Crippen LogP contribution in [0.4, 0.5) is 0 Å². The number of H-pyrrole nitrogens is 1. The Bertz CT molecular complexity index is 801. The third-order valence-corrected chi connectivity index (χ3v) is 5.88. The molecule has 3 nitrogen and oxygen atoms in total. The third-order valence-electron chi connectivity index (χ3n) is 3.85. The van der Waals surface area contributed by atoms with Crippen LogP contribution in [0.5, 0.6) is 0 Å². The minimum atomic E-state index is -1.32. The van der Waals surface area contributed by atoms with Gasteiger partial charge in [-0.15, -0.1) is 0 Å². The fourth-order valence-corrected chi connectivity index (χ4v) is 4.62. The van der Waals surface area contributed by atoms with Crippen molar-refractivity contribution in [2.75, 3.05) is 0 Å². The van der Waals surface area contributed by atoms with Gasteiger partial charge in [-0.2, -0.15) is 0 Å². The van der Waals surface area contributed by atoms with E-state index in [0.717, 1.165) is 42.4 Å². The van der Waals surface area contributed by atoms with Crippen molar-refractivity contribution < 1.29 is 4.21 Å². The number of hydrogen-bond donors (Lipinski definition) is 1. The number of pyridine rings is 1. The Morgan fingerprint density at radius 1 is 1.14 bits per heavy atom. The Hall–Kier alpha value is -1.10. The van der Waals surface area contributed by atoms with Crippen molar-refractivity contribution in [3.05, 3.63) is 61.4 Å². The van der Waals surface area contributed by atoms with Crippen molar-refractivity contribution >= 4 is 34.0 Å². The molecule has 22 heavy (non-hydrogen) atoms. The van der Waals surface area contributed by atoms with Crippen molar-refractivity contribution in [2.24, 2.45) is 0 Å². The van der Waals surface area contributed by atoms with Crippen LogP contribution in [0.3, 0.4) is 0 Å². The lowest BCUT2D eigenvalue weighted by Gasteiger charge is -2.19. The molecule has 1 aromatic heterocycles. The summed E-state index contributed by atoms with van der Waals surface area (Å²) in [7, 11) is -1.32. The maximum atomic E-state index is 12.7. The van der Waals surface area contributed by atoms with Crippen molar-refractivity contribution in [2.45, 2.75) is 36.5 Å². The molecule has 0 bridgehead atoms. The second-order valence-electron chi connectivity index (χ2n) is 5.38. The van der Waals surface area contributed by atoms with E-state index in [4.69, 9.17) is 23.2 Å². The highest BCUT2D eigenvalue weighted by Gasteiger charge is 2.22. The van der Waals surface area contributed by atoms with Gasteiger partial charge in [0, 0.05) is 5.02 Å². The zero-order valence-electron chi connectivity index (χ0n) is 11.8. The average Bonchev–Trinajstić information content (AvgIpc) is 2.51. The molecule has 0 spiro atoms. The summed E-state index contributed by atoms with van der Waals surface area (Å²) in [6.07, 6.45) is 3.62. The first-order valence-electron chi connectivity index (χ1n) is 7.12. The van der Waals surface area contributed by atoms with E-state index in [0.29, 0.717) is 15.8 Å². The molecule has 6 heteroatoms. The van der Waals surface area contributed by atoms with E-state index in [1.807, 2.05) is 12.1 Å². The number of fused-ring (bicyclic) bond motifs is 1. The van der Waals surface area contributed by atoms with Crippen LogP contribution in [0, 0.1) is 0 Å². The largest absolute Gasteiger partial charge is 0.313 e. The monoisotopic (exact) mass is 355 g/mol. The maximum Gasteiger partial charge on any atom is 0.267 e. The molecule has 1 aliphatic rings. The number of hydrogen-bond acceptors (Lipinski definition) is 2. The normalized spacial score (nSPS) is 15.4. The number of rotatable bonds is 3. The molecule has 0 fully saturated rings. The first-order chi connectivity index (χ1) is 10.6. The van der Waals surface area contributed by atoms with E-state index in [-0.39, 0.29) is 10.6 Å². The van der Waals surface area contributed by atoms with Gasteiger partial charge in [-0.3, -0.25) is 9.00 Å². The number of benzene rings is 1. The fourth-order valence-electron chi connectivity index (χ4n) is 2.81. The SMILES string of the molecule is O=c1[nH]c(S(=O)Cc2cccc(Cl)c2)c2c(c1Cl)CCCC2. The predicted molar refractivity (Wildman–Crippen MR) is 90.3 cm³/mol. The number of halogens is 2. The van der Waals surface area contributed by atoms with Crippen molar-refractivity contribution in [1.29, 1.82) is 0 Å². The van der Waals surface area contributed by atoms with Crippen LogP contribution in [-0.4, -0.2) is 9.19 Å². The zero-order valence-corrected chi connectivity index (χ0v) is 14.2. The molecule has 0 radical (unpaired) electrons. The summed E-state index contributed by atoms with van der Waals surface area (Å²) < 4.78 is 12.7. The summed E-state index contributed by atoms with van der Waals surface area (Å²) in [5, 5.41) is 1.38. The molecule has 2 aromatic rings. The van der Waals surface area contributed by atoms with Gasteiger partial charge in [0.05, 0.1) is 16.6 Å². The molecule has 0 aliphatic heterocycles. The Labute approximate surface area is 141 Å². The first kappa shape index (κ1) is 15.8. The minimum absolute atomic E-state index is 0.248. The standard InChI is InChI=1S/C16H15Cl2NO2S/c17-11-5-3-4-10(8-11)9-22(21)16-13-7-2-1-6-12(13)14(18)15(20)19-16/h3-5,8H,1-2,6-7,9H2,(H,19,20). The van der Waals surface area contributed by atoms with Gasteiger partial charge in [0.25, 0.3) is 5.56 Å². The molecule has 1 unspecified atom stereocenters. The molecule has 0 amide bonds. The van der Waals surface area contributed by atoms with Crippen LogP contribution < -0.4 is 5.56 Å². The van der Waals surface area contributed by atoms with Crippen LogP contribution in [-0.2, 0) is 29.4 Å². The average molecular weight is 356 g/mol. The lowest BCUT2D eigenvalue weighted by Crippen LogP contribution is -2.20. The maximum absolute atomic E-state index is 12.7. The summed E-state index contributed by atoms with van der Waals surface area (Å²) >= 11 is 12.1. The molecule has 116 valence electrons. The molecule has 1 N–H and O–H groups in total. The second kappa shape index (κ2) is 6.57. The van der Waals surface area contributed by atoms with E-state index in [2.05, 4.69) is 4.98 Å². The highest BCUT2D eigenvalue weighted by Crippen LogP contribution is 2.29. The van der Waals surface area contributed by atoms with Crippen LogP contribution in [0.2, 0.25) is 10.0 Å². The Morgan fingerprint density at radius 3 is 2.59 bits per heavy atom. The Morgan fingerprint density at radius 2 is 1.86 bits per heavy atom. The molecule has 1 atom stereocenters. The van der Waals surface area contributed by atoms with E-state index in [1.54, 1.807) is 12.1 Å². The molecule has 1 aromatic carbocycles. The van der Waals surface area contributed by atoms with Crippen molar-refractivity contribution in [3.63, 3.8) is 0 Å². The molecule has 1 aliphatic carbocycles. The highest BCUT2D eigenvalue weighted by molar-refractivity contribution is 7.84. The van der Waals surface area contributed by atoms with Gasteiger partial charge >= 0.3 is 0 Å². The summed E-state index contributed by atoms with van der Waals surface area (Å²) in [5.74, 6) is 0.324. The van der Waals surface area contributed by atoms with Crippen molar-refractivity contribution in [3.8, 4) is 0 Å². The lowest BCUT2D eigenvalue weighted by atomic mass is 9.93. The van der Waals surface area contributed by atoms with Gasteiger partial charge in [-0.1, -0.05) is 35.3 Å². The van der Waals surface area contributed by atoms with E-state index >= 15 is 0 Å². The molecule has 1 heterocycles. The smallest absolute Gasteiger partial charge is 0.267 e. The highest BCUT2D eigenvalue weighted by atomic mass is 35.5. The molecule has 0 saturated heterocycles. The quantitative estimate of drug-likeness (QED) is 0.908. The van der Waals surface area contributed by atoms with E-state index in [1.165, 1.54) is 0 Å². The summed E-state index contributed by atoms with van der Waals surface area (Å²) in [6, 6.07) is 7.28. The first-order valence-corrected chi connectivity index (χ1v) is 9.20. The van der Waals surface area contributed by atoms with Gasteiger partial charge in [0.1, 0.15) is 10.0 Å². The third kappa shape index (κ3) is 3.14. The van der Waals surface area contributed by atoms with Gasteiger partial charge in [-0.05, 0) is 54.5 Å². The van der Waals surface area contributed by atoms with Gasteiger partial charge in [0.15, 0.2) is 0 Å². The summed E-state index contributed by atoms with van der Waals surface area (Å²) in [5.41, 5.74) is 2.35. The van der Waals surface area contributed by atoms with Gasteiger partial charge in [-0.25, -0.2) is 0 Å². The van der Waals surface area contributed by atoms with Crippen LogP contribution >= 0.6 is 23.2 Å². The molecule has 0 saturated carbocycles. The van der Waals surface area contributed by atoms with Crippen molar-refractivity contribution in [1.82, 2.24) is 4.98 Å². The fraction of sp³-hybridized carbons (Fsp3) is 0.312.